The van der Waals surface area contributed by atoms with Crippen molar-refractivity contribution in [3.63, 3.8) is 0 Å². The molecule has 0 aliphatic heterocycles. The molecule has 2 aromatic heterocycles. The number of oxazole rings is 2. The zero-order valence-corrected chi connectivity index (χ0v) is 37.2. The number of aliphatic hydroxyl groups is 1. The van der Waals surface area contributed by atoms with Gasteiger partial charge in [-0.05, 0) is 56.1 Å². The number of amides is 2. The molecule has 0 aliphatic carbocycles. The van der Waals surface area contributed by atoms with Crippen molar-refractivity contribution in [1.82, 2.24) is 14.9 Å². The Morgan fingerprint density at radius 1 is 0.855 bits per heavy atom. The highest BCUT2D eigenvalue weighted by Gasteiger charge is 2.31. The van der Waals surface area contributed by atoms with E-state index in [-0.39, 0.29) is 66.2 Å². The average molecular weight is 873 g/mol. The van der Waals surface area contributed by atoms with Crippen LogP contribution in [0, 0.1) is 23.7 Å². The zero-order chi connectivity index (χ0) is 46.4. The molecule has 0 aliphatic rings. The maximum Gasteiger partial charge on any atom is 0.360 e. The number of allylic oxidation sites excluding steroid dienone is 2. The number of hydrogen-bond donors (Lipinski definition) is 2. The molecule has 18 heteroatoms. The van der Waals surface area contributed by atoms with Crippen molar-refractivity contribution in [2.75, 3.05) is 35.5 Å². The number of hydrogen-bond acceptors (Lipinski definition) is 16. The summed E-state index contributed by atoms with van der Waals surface area (Å²) >= 11 is 0. The maximum absolute atomic E-state index is 13.3. The number of carbonyl (C=O) groups is 6. The van der Waals surface area contributed by atoms with E-state index in [9.17, 15) is 33.9 Å². The highest BCUT2D eigenvalue weighted by molar-refractivity contribution is 5.96. The molecule has 9 atom stereocenters. The number of nitrogens with zero attached hydrogens (tertiary/aromatic N) is 3. The third-order valence-electron chi connectivity index (χ3n) is 10.6. The van der Waals surface area contributed by atoms with E-state index >= 15 is 0 Å². The van der Waals surface area contributed by atoms with Gasteiger partial charge in [-0.25, -0.2) is 14.8 Å². The van der Waals surface area contributed by atoms with Gasteiger partial charge in [-0.15, -0.1) is 0 Å². The molecule has 2 rings (SSSR count). The first-order valence-electron chi connectivity index (χ1n) is 20.5. The van der Waals surface area contributed by atoms with Gasteiger partial charge >= 0.3 is 11.9 Å². The number of rotatable bonds is 31. The van der Waals surface area contributed by atoms with Crippen LogP contribution < -0.4 is 5.73 Å². The molecule has 0 aromatic carbocycles. The van der Waals surface area contributed by atoms with Gasteiger partial charge in [-0.1, -0.05) is 45.9 Å². The molecule has 2 aromatic rings. The lowest BCUT2D eigenvalue weighted by Crippen LogP contribution is -2.38. The number of ketones is 2. The Morgan fingerprint density at radius 3 is 2.18 bits per heavy atom. The Balaban J connectivity index is 2.13. The second-order valence-corrected chi connectivity index (χ2v) is 15.3. The first-order chi connectivity index (χ1) is 29.5. The molecule has 2 amide bonds. The van der Waals surface area contributed by atoms with Gasteiger partial charge in [-0.2, -0.15) is 0 Å². The van der Waals surface area contributed by atoms with Gasteiger partial charge < -0.3 is 48.3 Å². The Labute approximate surface area is 363 Å². The third kappa shape index (κ3) is 17.6. The van der Waals surface area contributed by atoms with Gasteiger partial charge in [0.1, 0.15) is 30.5 Å². The van der Waals surface area contributed by atoms with E-state index in [4.69, 9.17) is 33.5 Å². The Hall–Kier alpha value is -5.30. The largest absolute Gasteiger partial charge is 0.464 e. The van der Waals surface area contributed by atoms with Crippen LogP contribution >= 0.6 is 0 Å². The first kappa shape index (κ1) is 52.8. The molecule has 0 spiro atoms. The number of methoxy groups -OCH3 is 4. The number of carbonyl (C=O) groups excluding carboxylic acids is 6. The summed E-state index contributed by atoms with van der Waals surface area (Å²) in [7, 11) is 7.24. The molecule has 0 bridgehead atoms. The van der Waals surface area contributed by atoms with Crippen LogP contribution in [0.5, 0.6) is 0 Å². The van der Waals surface area contributed by atoms with Crippen molar-refractivity contribution in [2.24, 2.45) is 29.4 Å². The topological polar surface area (TPSA) is 250 Å². The smallest absolute Gasteiger partial charge is 0.360 e. The Bertz CT molecular complexity index is 1820. The zero-order valence-electron chi connectivity index (χ0n) is 37.2. The normalized spacial score (nSPS) is 16.3. The number of aliphatic hydroxyl groups excluding tert-OH is 1. The molecule has 344 valence electrons. The highest BCUT2D eigenvalue weighted by atomic mass is 16.5. The van der Waals surface area contributed by atoms with Gasteiger partial charge in [0.2, 0.25) is 24.1 Å². The number of Topliss-reactive ketones (excluding diaryl/α,β-unsaturated/α-hetero) is 1. The van der Waals surface area contributed by atoms with Crippen molar-refractivity contribution >= 4 is 41.9 Å². The lowest BCUT2D eigenvalue weighted by atomic mass is 9.86. The van der Waals surface area contributed by atoms with E-state index in [2.05, 4.69) is 14.7 Å². The van der Waals surface area contributed by atoms with E-state index in [0.717, 1.165) is 6.26 Å². The van der Waals surface area contributed by atoms with Crippen molar-refractivity contribution in [2.45, 2.75) is 110 Å². The Kier molecular flexibility index (Phi) is 23.5. The van der Waals surface area contributed by atoms with Crippen LogP contribution in [0.3, 0.4) is 0 Å². The van der Waals surface area contributed by atoms with Crippen LogP contribution in [0.25, 0.3) is 17.7 Å². The molecule has 3 N–H and O–H groups in total. The standard InChI is InChI=1S/C44H64N4O14/c1-27(14-10-11-18-39-46-32(24-60-39)43-47-33(25-61-43)44(55)59-9)38(62-40(53)22-31(50)15-12-16-34(51)30(4)41(58-8)42(45)54)23-37(57-7)28(2)19-20-35(52)29(3)36(56-6)17-13-21-48(5)26-49/h11-13,16,18,21,24-31,36-38,41,50H,10,14-15,17,19-20,22-23H2,1-9H3,(H2,45,54)/t27-,28+,29+,30+,31-,36-,37+,38+,41-/m1/s1. The quantitative estimate of drug-likeness (QED) is 0.0581. The molecule has 0 radical (unpaired) electrons. The monoisotopic (exact) mass is 872 g/mol. The number of esters is 2. The summed E-state index contributed by atoms with van der Waals surface area (Å²) in [5, 5.41) is 10.7. The predicted octanol–water partition coefficient (Wildman–Crippen LogP) is 4.89. The minimum absolute atomic E-state index is 0.00606. The fourth-order valence-electron chi connectivity index (χ4n) is 6.56. The molecule has 2 heterocycles. The number of ether oxygens (including phenoxy) is 5. The molecule has 0 saturated heterocycles. The summed E-state index contributed by atoms with van der Waals surface area (Å²) < 4.78 is 38.0. The second kappa shape index (κ2) is 27.6. The molecule has 0 unspecified atom stereocenters. The van der Waals surface area contributed by atoms with Gasteiger partial charge in [0, 0.05) is 53.3 Å². The second-order valence-electron chi connectivity index (χ2n) is 15.3. The molecule has 62 heavy (non-hydrogen) atoms. The van der Waals surface area contributed by atoms with E-state index in [1.807, 2.05) is 26.8 Å². The van der Waals surface area contributed by atoms with E-state index in [0.29, 0.717) is 38.5 Å². The lowest BCUT2D eigenvalue weighted by molar-refractivity contribution is -0.156. The van der Waals surface area contributed by atoms with Gasteiger partial charge in [0.15, 0.2) is 17.2 Å². The fourth-order valence-corrected chi connectivity index (χ4v) is 6.56. The number of nitrogens with two attached hydrogens (primary N) is 1. The predicted molar refractivity (Wildman–Crippen MR) is 226 cm³/mol. The van der Waals surface area contributed by atoms with E-state index in [1.54, 1.807) is 39.6 Å². The molecule has 0 saturated carbocycles. The average Bonchev–Trinajstić information content (AvgIpc) is 3.94. The summed E-state index contributed by atoms with van der Waals surface area (Å²) in [5.74, 6) is -3.65. The van der Waals surface area contributed by atoms with Crippen LogP contribution in [0.2, 0.25) is 0 Å². The third-order valence-corrected chi connectivity index (χ3v) is 10.6. The van der Waals surface area contributed by atoms with Crippen LogP contribution in [0.4, 0.5) is 0 Å². The van der Waals surface area contributed by atoms with Crippen LogP contribution in [0.1, 0.15) is 95.4 Å². The van der Waals surface area contributed by atoms with Gasteiger partial charge in [-0.3, -0.25) is 24.0 Å². The van der Waals surface area contributed by atoms with E-state index < -0.39 is 59.9 Å². The molecular formula is C44H64N4O14. The summed E-state index contributed by atoms with van der Waals surface area (Å²) in [4.78, 5) is 83.1. The SMILES string of the molecule is COC(=O)c1coc(-c2coc(C=CCC[C@@H](C)[C@H](C[C@H](OC)[C@@H](C)CCC(=O)[C@H](C)[C@@H](CC=CN(C)C=O)OC)OC(=O)C[C@H](O)CC=CC(=O)[C@H](C)[C@@H](OC)C(N)=O)n2)n1. The molecular weight excluding hydrogens is 808 g/mol. The summed E-state index contributed by atoms with van der Waals surface area (Å²) in [6.45, 7) is 7.24. The van der Waals surface area contributed by atoms with Crippen LogP contribution in [0.15, 0.2) is 51.9 Å². The minimum Gasteiger partial charge on any atom is -0.464 e. The van der Waals surface area contributed by atoms with Crippen LogP contribution in [-0.4, -0.2) is 122 Å². The van der Waals surface area contributed by atoms with E-state index in [1.165, 1.54) is 44.5 Å². The number of primary amides is 1. The molecule has 18 nitrogen and oxygen atoms in total. The van der Waals surface area contributed by atoms with Crippen LogP contribution in [-0.2, 0) is 47.7 Å². The van der Waals surface area contributed by atoms with Crippen molar-refractivity contribution < 1.29 is 66.4 Å². The minimum atomic E-state index is -1.16. The lowest BCUT2D eigenvalue weighted by Gasteiger charge is -2.31. The van der Waals surface area contributed by atoms with Crippen molar-refractivity contribution in [1.29, 1.82) is 0 Å². The fraction of sp³-hybridized carbons (Fsp3) is 0.591. The van der Waals surface area contributed by atoms with Crippen molar-refractivity contribution in [3.8, 4) is 11.6 Å². The maximum atomic E-state index is 13.3. The highest BCUT2D eigenvalue weighted by Crippen LogP contribution is 2.28. The first-order valence-corrected chi connectivity index (χ1v) is 20.5. The summed E-state index contributed by atoms with van der Waals surface area (Å²) in [6, 6.07) is 0. The number of aromatic nitrogens is 2. The summed E-state index contributed by atoms with van der Waals surface area (Å²) in [5.41, 5.74) is 5.58. The molecule has 0 fully saturated rings. The summed E-state index contributed by atoms with van der Waals surface area (Å²) in [6.07, 6.45) is 11.3. The van der Waals surface area contributed by atoms with Crippen molar-refractivity contribution in [3.05, 3.63) is 54.6 Å². The van der Waals surface area contributed by atoms with Gasteiger partial charge in [0.05, 0.1) is 37.8 Å². The van der Waals surface area contributed by atoms with Gasteiger partial charge in [0.25, 0.3) is 0 Å². The Morgan fingerprint density at radius 2 is 1.55 bits per heavy atom.